The molecule has 1 aromatic carbocycles. The van der Waals surface area contributed by atoms with Gasteiger partial charge in [0, 0.05) is 30.9 Å². The van der Waals surface area contributed by atoms with Gasteiger partial charge >= 0.3 is 0 Å². The molecule has 120 valence electrons. The van der Waals surface area contributed by atoms with Crippen LogP contribution in [-0.4, -0.2) is 40.1 Å². The molecule has 0 spiro atoms. The molecule has 3 heterocycles. The van der Waals surface area contributed by atoms with Gasteiger partial charge in [-0.05, 0) is 6.42 Å². The summed E-state index contributed by atoms with van der Waals surface area (Å²) in [4.78, 5) is 12.2. The van der Waals surface area contributed by atoms with Crippen molar-refractivity contribution in [1.82, 2.24) is 40.1 Å². The zero-order valence-electron chi connectivity index (χ0n) is 12.9. The zero-order chi connectivity index (χ0) is 16.2. The van der Waals surface area contributed by atoms with E-state index in [0.717, 1.165) is 48.0 Å². The highest BCUT2D eigenvalue weighted by Crippen LogP contribution is 2.29. The van der Waals surface area contributed by atoms with Crippen LogP contribution in [0.3, 0.4) is 0 Å². The summed E-state index contributed by atoms with van der Waals surface area (Å²) in [5.41, 5.74) is 2.98. The van der Waals surface area contributed by atoms with Crippen molar-refractivity contribution >= 4 is 0 Å². The number of tetrazole rings is 1. The molecule has 8 heteroatoms. The van der Waals surface area contributed by atoms with E-state index in [9.17, 15) is 0 Å². The SMILES string of the molecule is c1ccc(-c2ncn(CCCc3nn[nH]n3)c2-c2ncc[nH]2)cc1. The Labute approximate surface area is 138 Å². The van der Waals surface area contributed by atoms with Crippen LogP contribution in [0.25, 0.3) is 22.8 Å². The van der Waals surface area contributed by atoms with Crippen LogP contribution in [0.2, 0.25) is 0 Å². The zero-order valence-corrected chi connectivity index (χ0v) is 12.9. The number of aryl methyl sites for hydroxylation is 2. The topological polar surface area (TPSA) is 101 Å². The number of aromatic amines is 2. The normalized spacial score (nSPS) is 11.0. The first-order valence-corrected chi connectivity index (χ1v) is 7.74. The first-order chi connectivity index (χ1) is 11.9. The molecule has 0 radical (unpaired) electrons. The van der Waals surface area contributed by atoms with E-state index in [2.05, 4.69) is 52.3 Å². The van der Waals surface area contributed by atoms with Crippen molar-refractivity contribution in [2.75, 3.05) is 0 Å². The van der Waals surface area contributed by atoms with E-state index in [1.165, 1.54) is 0 Å². The summed E-state index contributed by atoms with van der Waals surface area (Å²) in [5, 5.41) is 14.0. The van der Waals surface area contributed by atoms with Gasteiger partial charge in [-0.15, -0.1) is 10.2 Å². The number of H-pyrrole nitrogens is 2. The largest absolute Gasteiger partial charge is 0.343 e. The number of hydrogen-bond donors (Lipinski definition) is 2. The minimum atomic E-state index is 0.720. The monoisotopic (exact) mass is 320 g/mol. The van der Waals surface area contributed by atoms with Gasteiger partial charge in [0.2, 0.25) is 0 Å². The average molecular weight is 320 g/mol. The fraction of sp³-hybridized carbons (Fsp3) is 0.188. The maximum Gasteiger partial charge on any atom is 0.174 e. The molecular weight excluding hydrogens is 304 g/mol. The molecule has 0 atom stereocenters. The minimum Gasteiger partial charge on any atom is -0.343 e. The summed E-state index contributed by atoms with van der Waals surface area (Å²) in [6.07, 6.45) is 7.07. The fourth-order valence-corrected chi connectivity index (χ4v) is 2.70. The Morgan fingerprint density at radius 2 is 2.00 bits per heavy atom. The number of benzene rings is 1. The van der Waals surface area contributed by atoms with Gasteiger partial charge in [0.05, 0.1) is 12.0 Å². The van der Waals surface area contributed by atoms with Crippen molar-refractivity contribution in [3.8, 4) is 22.8 Å². The van der Waals surface area contributed by atoms with Crippen LogP contribution in [0.4, 0.5) is 0 Å². The Balaban J connectivity index is 1.63. The van der Waals surface area contributed by atoms with Crippen LogP contribution in [0, 0.1) is 0 Å². The molecule has 4 rings (SSSR count). The van der Waals surface area contributed by atoms with E-state index >= 15 is 0 Å². The number of nitrogens with one attached hydrogen (secondary N) is 2. The van der Waals surface area contributed by atoms with Gasteiger partial charge in [-0.3, -0.25) is 0 Å². The van der Waals surface area contributed by atoms with E-state index < -0.39 is 0 Å². The molecule has 3 aromatic heterocycles. The Morgan fingerprint density at radius 3 is 2.75 bits per heavy atom. The van der Waals surface area contributed by atoms with Gasteiger partial charge < -0.3 is 9.55 Å². The van der Waals surface area contributed by atoms with E-state index in [1.807, 2.05) is 30.7 Å². The Kier molecular flexibility index (Phi) is 3.85. The third-order valence-electron chi connectivity index (χ3n) is 3.80. The van der Waals surface area contributed by atoms with Crippen LogP contribution >= 0.6 is 0 Å². The van der Waals surface area contributed by atoms with E-state index in [-0.39, 0.29) is 0 Å². The molecule has 4 aromatic rings. The highest BCUT2D eigenvalue weighted by Gasteiger charge is 2.16. The van der Waals surface area contributed by atoms with Crippen molar-refractivity contribution in [2.45, 2.75) is 19.4 Å². The molecular formula is C16H16N8. The fourth-order valence-electron chi connectivity index (χ4n) is 2.70. The molecule has 0 aliphatic carbocycles. The molecule has 8 nitrogen and oxygen atoms in total. The minimum absolute atomic E-state index is 0.720. The third-order valence-corrected chi connectivity index (χ3v) is 3.80. The van der Waals surface area contributed by atoms with Gasteiger partial charge in [0.1, 0.15) is 5.69 Å². The molecule has 0 aliphatic rings. The van der Waals surface area contributed by atoms with Gasteiger partial charge in [0.15, 0.2) is 11.6 Å². The molecule has 0 unspecified atom stereocenters. The van der Waals surface area contributed by atoms with Crippen molar-refractivity contribution in [1.29, 1.82) is 0 Å². The smallest absolute Gasteiger partial charge is 0.174 e. The Morgan fingerprint density at radius 1 is 1.08 bits per heavy atom. The van der Waals surface area contributed by atoms with Crippen molar-refractivity contribution in [2.24, 2.45) is 0 Å². The average Bonchev–Trinajstić information content (AvgIpc) is 3.37. The van der Waals surface area contributed by atoms with Crippen molar-refractivity contribution in [3.05, 3.63) is 54.9 Å². The molecule has 2 N–H and O–H groups in total. The predicted molar refractivity (Wildman–Crippen MR) is 87.7 cm³/mol. The quantitative estimate of drug-likeness (QED) is 0.566. The lowest BCUT2D eigenvalue weighted by molar-refractivity contribution is 0.631. The second-order valence-electron chi connectivity index (χ2n) is 5.37. The van der Waals surface area contributed by atoms with Crippen LogP contribution < -0.4 is 0 Å². The number of imidazole rings is 2. The first-order valence-electron chi connectivity index (χ1n) is 7.74. The summed E-state index contributed by atoms with van der Waals surface area (Å²) in [7, 11) is 0. The summed E-state index contributed by atoms with van der Waals surface area (Å²) in [5.74, 6) is 1.53. The lowest BCUT2D eigenvalue weighted by Gasteiger charge is -2.08. The van der Waals surface area contributed by atoms with Crippen LogP contribution in [0.5, 0.6) is 0 Å². The maximum atomic E-state index is 4.61. The summed E-state index contributed by atoms with van der Waals surface area (Å²) >= 11 is 0. The van der Waals surface area contributed by atoms with Crippen LogP contribution in [0.1, 0.15) is 12.2 Å². The Hall–Kier alpha value is -3.29. The first kappa shape index (κ1) is 14.3. The standard InChI is InChI=1S/C16H16N8/c1-2-5-12(6-3-1)14-15(16-17-8-9-18-16)24(11-19-14)10-4-7-13-20-22-23-21-13/h1-3,5-6,8-9,11H,4,7,10H2,(H,17,18)(H,20,21,22,23). The summed E-state index contributed by atoms with van der Waals surface area (Å²) in [6.45, 7) is 0.796. The van der Waals surface area contributed by atoms with Gasteiger partial charge in [0.25, 0.3) is 0 Å². The molecule has 0 bridgehead atoms. The van der Waals surface area contributed by atoms with E-state index in [1.54, 1.807) is 6.20 Å². The van der Waals surface area contributed by atoms with E-state index in [4.69, 9.17) is 0 Å². The molecule has 0 amide bonds. The van der Waals surface area contributed by atoms with E-state index in [0.29, 0.717) is 0 Å². The molecule has 0 saturated heterocycles. The van der Waals surface area contributed by atoms with Crippen molar-refractivity contribution in [3.63, 3.8) is 0 Å². The second-order valence-corrected chi connectivity index (χ2v) is 5.37. The molecule has 0 aliphatic heterocycles. The highest BCUT2D eigenvalue weighted by molar-refractivity contribution is 5.75. The lowest BCUT2D eigenvalue weighted by atomic mass is 10.1. The third kappa shape index (κ3) is 2.81. The van der Waals surface area contributed by atoms with Crippen LogP contribution in [-0.2, 0) is 13.0 Å². The molecule has 24 heavy (non-hydrogen) atoms. The number of nitrogens with zero attached hydrogens (tertiary/aromatic N) is 6. The number of rotatable bonds is 6. The molecule has 0 fully saturated rings. The number of hydrogen-bond acceptors (Lipinski definition) is 5. The number of aromatic nitrogens is 8. The van der Waals surface area contributed by atoms with Crippen LogP contribution in [0.15, 0.2) is 49.1 Å². The van der Waals surface area contributed by atoms with Gasteiger partial charge in [-0.1, -0.05) is 35.5 Å². The lowest BCUT2D eigenvalue weighted by Crippen LogP contribution is -2.02. The molecule has 0 saturated carbocycles. The second kappa shape index (κ2) is 6.45. The predicted octanol–water partition coefficient (Wildman–Crippen LogP) is 2.09. The Bertz CT molecular complexity index is 878. The summed E-state index contributed by atoms with van der Waals surface area (Å²) in [6, 6.07) is 10.1. The van der Waals surface area contributed by atoms with Crippen molar-refractivity contribution < 1.29 is 0 Å². The summed E-state index contributed by atoms with van der Waals surface area (Å²) < 4.78 is 2.11. The van der Waals surface area contributed by atoms with Gasteiger partial charge in [-0.2, -0.15) is 5.21 Å². The van der Waals surface area contributed by atoms with Gasteiger partial charge in [-0.25, -0.2) is 9.97 Å². The maximum absolute atomic E-state index is 4.61. The highest BCUT2D eigenvalue weighted by atomic mass is 15.5.